The predicted octanol–water partition coefficient (Wildman–Crippen LogP) is 2.85. The third-order valence-electron chi connectivity index (χ3n) is 4.34. The van der Waals surface area contributed by atoms with Gasteiger partial charge in [0, 0.05) is 30.7 Å². The molecule has 0 radical (unpaired) electrons. The fourth-order valence-corrected chi connectivity index (χ4v) is 2.87. The first-order chi connectivity index (χ1) is 13.9. The SMILES string of the molecule is COc1ccc(NC(=O)c2cc(OC)c3nc(C)cn3c2)cc1OCCN(C)C. The van der Waals surface area contributed by atoms with Gasteiger partial charge in [-0.05, 0) is 39.2 Å². The molecule has 3 aromatic rings. The number of amides is 1. The van der Waals surface area contributed by atoms with E-state index in [4.69, 9.17) is 14.2 Å². The van der Waals surface area contributed by atoms with E-state index in [0.717, 1.165) is 12.2 Å². The van der Waals surface area contributed by atoms with Crippen molar-refractivity contribution in [3.05, 3.63) is 47.9 Å². The van der Waals surface area contributed by atoms with E-state index in [2.05, 4.69) is 10.3 Å². The number of carbonyl (C=O) groups excluding carboxylic acids is 1. The van der Waals surface area contributed by atoms with Crippen molar-refractivity contribution >= 4 is 17.2 Å². The molecule has 0 aliphatic carbocycles. The van der Waals surface area contributed by atoms with Gasteiger partial charge in [0.05, 0.1) is 25.5 Å². The number of pyridine rings is 1. The molecular weight excluding hydrogens is 372 g/mol. The molecule has 29 heavy (non-hydrogen) atoms. The number of fused-ring (bicyclic) bond motifs is 1. The van der Waals surface area contributed by atoms with Crippen LogP contribution in [0.4, 0.5) is 5.69 Å². The number of ether oxygens (including phenoxy) is 3. The van der Waals surface area contributed by atoms with E-state index in [0.29, 0.717) is 40.8 Å². The van der Waals surface area contributed by atoms with Crippen LogP contribution < -0.4 is 19.5 Å². The molecule has 0 saturated carbocycles. The molecule has 1 N–H and O–H groups in total. The van der Waals surface area contributed by atoms with Crippen LogP contribution in [0.1, 0.15) is 16.1 Å². The maximum Gasteiger partial charge on any atom is 0.257 e. The van der Waals surface area contributed by atoms with Gasteiger partial charge in [0.15, 0.2) is 22.9 Å². The maximum absolute atomic E-state index is 12.8. The van der Waals surface area contributed by atoms with Gasteiger partial charge in [-0.15, -0.1) is 0 Å². The third kappa shape index (κ3) is 4.78. The number of aromatic nitrogens is 2. The van der Waals surface area contributed by atoms with E-state index >= 15 is 0 Å². The molecule has 2 aromatic heterocycles. The molecule has 0 atom stereocenters. The first-order valence-corrected chi connectivity index (χ1v) is 9.21. The van der Waals surface area contributed by atoms with E-state index in [9.17, 15) is 4.79 Å². The van der Waals surface area contributed by atoms with Crippen molar-refractivity contribution in [1.82, 2.24) is 14.3 Å². The molecule has 3 rings (SSSR count). The fraction of sp³-hybridized carbons (Fsp3) is 0.333. The van der Waals surface area contributed by atoms with Gasteiger partial charge >= 0.3 is 0 Å². The van der Waals surface area contributed by atoms with Crippen molar-refractivity contribution in [2.24, 2.45) is 0 Å². The van der Waals surface area contributed by atoms with Gasteiger partial charge in [-0.3, -0.25) is 4.79 Å². The minimum atomic E-state index is -0.263. The highest BCUT2D eigenvalue weighted by atomic mass is 16.5. The molecular formula is C21H26N4O4. The van der Waals surface area contributed by atoms with Crippen LogP contribution in [0.15, 0.2) is 36.7 Å². The molecule has 0 bridgehead atoms. The third-order valence-corrected chi connectivity index (χ3v) is 4.34. The Kier molecular flexibility index (Phi) is 6.23. The number of likely N-dealkylation sites (N-methyl/N-ethyl adjacent to an activating group) is 1. The summed E-state index contributed by atoms with van der Waals surface area (Å²) in [6.45, 7) is 3.17. The molecule has 0 spiro atoms. The second kappa shape index (κ2) is 8.83. The predicted molar refractivity (Wildman–Crippen MR) is 111 cm³/mol. The standard InChI is InChI=1S/C21H26N4O4/c1-14-12-25-13-15(10-19(28-5)20(25)22-14)21(26)23-16-6-7-17(27-4)18(11-16)29-9-8-24(2)3/h6-7,10-13H,8-9H2,1-5H3,(H,23,26). The topological polar surface area (TPSA) is 77.3 Å². The fourth-order valence-electron chi connectivity index (χ4n) is 2.87. The molecule has 0 aliphatic heterocycles. The summed E-state index contributed by atoms with van der Waals surface area (Å²) in [5.41, 5.74) is 2.58. The molecule has 0 unspecified atom stereocenters. The summed E-state index contributed by atoms with van der Waals surface area (Å²) in [4.78, 5) is 19.3. The second-order valence-electron chi connectivity index (χ2n) is 6.88. The number of hydrogen-bond donors (Lipinski definition) is 1. The first kappa shape index (κ1) is 20.5. The zero-order valence-corrected chi connectivity index (χ0v) is 17.4. The number of hydrogen-bond acceptors (Lipinski definition) is 6. The quantitative estimate of drug-likeness (QED) is 0.629. The number of imidazole rings is 1. The number of rotatable bonds is 8. The molecule has 1 amide bonds. The van der Waals surface area contributed by atoms with Crippen LogP contribution in [0, 0.1) is 6.92 Å². The van der Waals surface area contributed by atoms with Crippen LogP contribution in [-0.2, 0) is 0 Å². The second-order valence-corrected chi connectivity index (χ2v) is 6.88. The molecule has 0 fully saturated rings. The lowest BCUT2D eigenvalue weighted by atomic mass is 10.2. The summed E-state index contributed by atoms with van der Waals surface area (Å²) in [7, 11) is 7.09. The Bertz CT molecular complexity index is 1010. The smallest absolute Gasteiger partial charge is 0.257 e. The van der Waals surface area contributed by atoms with Gasteiger partial charge < -0.3 is 28.8 Å². The van der Waals surface area contributed by atoms with Gasteiger partial charge in [0.1, 0.15) is 6.61 Å². The van der Waals surface area contributed by atoms with E-state index in [-0.39, 0.29) is 5.91 Å². The Morgan fingerprint density at radius 1 is 1.10 bits per heavy atom. The summed E-state index contributed by atoms with van der Waals surface area (Å²) >= 11 is 0. The Balaban J connectivity index is 1.82. The number of aryl methyl sites for hydroxylation is 1. The van der Waals surface area contributed by atoms with Crippen molar-refractivity contribution < 1.29 is 19.0 Å². The molecule has 8 nitrogen and oxygen atoms in total. The highest BCUT2D eigenvalue weighted by Gasteiger charge is 2.14. The lowest BCUT2D eigenvalue weighted by Crippen LogP contribution is -2.19. The monoisotopic (exact) mass is 398 g/mol. The van der Waals surface area contributed by atoms with Gasteiger partial charge in [0.2, 0.25) is 0 Å². The van der Waals surface area contributed by atoms with Gasteiger partial charge in [0.25, 0.3) is 5.91 Å². The summed E-state index contributed by atoms with van der Waals surface area (Å²) < 4.78 is 18.3. The van der Waals surface area contributed by atoms with Crippen LogP contribution in [-0.4, -0.2) is 61.7 Å². The normalized spacial score (nSPS) is 11.0. The lowest BCUT2D eigenvalue weighted by molar-refractivity contribution is 0.102. The minimum Gasteiger partial charge on any atom is -0.493 e. The highest BCUT2D eigenvalue weighted by molar-refractivity contribution is 6.04. The van der Waals surface area contributed by atoms with Crippen LogP contribution in [0.3, 0.4) is 0 Å². The Morgan fingerprint density at radius 2 is 1.86 bits per heavy atom. The summed E-state index contributed by atoms with van der Waals surface area (Å²) in [5.74, 6) is 1.46. The van der Waals surface area contributed by atoms with Crippen LogP contribution in [0.25, 0.3) is 5.65 Å². The average molecular weight is 398 g/mol. The molecule has 8 heteroatoms. The van der Waals surface area contributed by atoms with Crippen molar-refractivity contribution in [3.63, 3.8) is 0 Å². The Morgan fingerprint density at radius 3 is 2.55 bits per heavy atom. The van der Waals surface area contributed by atoms with E-state index in [1.165, 1.54) is 0 Å². The van der Waals surface area contributed by atoms with E-state index in [1.54, 1.807) is 49.1 Å². The van der Waals surface area contributed by atoms with Crippen LogP contribution >= 0.6 is 0 Å². The van der Waals surface area contributed by atoms with Crippen LogP contribution in [0.2, 0.25) is 0 Å². The number of carbonyl (C=O) groups is 1. The molecule has 0 aliphatic rings. The zero-order valence-electron chi connectivity index (χ0n) is 17.4. The minimum absolute atomic E-state index is 0.263. The average Bonchev–Trinajstić information content (AvgIpc) is 3.07. The van der Waals surface area contributed by atoms with Crippen molar-refractivity contribution in [2.45, 2.75) is 6.92 Å². The zero-order chi connectivity index (χ0) is 21.0. The number of anilines is 1. The highest BCUT2D eigenvalue weighted by Crippen LogP contribution is 2.30. The van der Waals surface area contributed by atoms with Gasteiger partial charge in [-0.1, -0.05) is 0 Å². The van der Waals surface area contributed by atoms with E-state index in [1.807, 2.05) is 32.1 Å². The maximum atomic E-state index is 12.8. The van der Waals surface area contributed by atoms with Crippen LogP contribution in [0.5, 0.6) is 17.2 Å². The first-order valence-electron chi connectivity index (χ1n) is 9.21. The number of nitrogens with one attached hydrogen (secondary N) is 1. The van der Waals surface area contributed by atoms with E-state index < -0.39 is 0 Å². The summed E-state index contributed by atoms with van der Waals surface area (Å²) in [5, 5.41) is 2.90. The number of nitrogens with zero attached hydrogens (tertiary/aromatic N) is 3. The van der Waals surface area contributed by atoms with Gasteiger partial charge in [-0.25, -0.2) is 4.98 Å². The molecule has 2 heterocycles. The molecule has 0 saturated heterocycles. The van der Waals surface area contributed by atoms with Gasteiger partial charge in [-0.2, -0.15) is 0 Å². The molecule has 154 valence electrons. The largest absolute Gasteiger partial charge is 0.493 e. The van der Waals surface area contributed by atoms with Crippen molar-refractivity contribution in [3.8, 4) is 17.2 Å². The number of methoxy groups -OCH3 is 2. The molecule has 1 aromatic carbocycles. The summed E-state index contributed by atoms with van der Waals surface area (Å²) in [6.07, 6.45) is 3.57. The van der Waals surface area contributed by atoms with Crippen molar-refractivity contribution in [2.75, 3.05) is 46.8 Å². The Labute approximate surface area is 170 Å². The Hall–Kier alpha value is -3.26. The number of benzene rings is 1. The summed E-state index contributed by atoms with van der Waals surface area (Å²) in [6, 6.07) is 6.97. The lowest BCUT2D eigenvalue weighted by Gasteiger charge is -2.15. The van der Waals surface area contributed by atoms with Crippen molar-refractivity contribution in [1.29, 1.82) is 0 Å².